The van der Waals surface area contributed by atoms with Crippen molar-refractivity contribution in [3.63, 3.8) is 0 Å². The number of alkyl halides is 4. The molecule has 0 aliphatic rings. The number of carbonyl (C=O) groups is 2. The van der Waals surface area contributed by atoms with Crippen molar-refractivity contribution >= 4 is 43.7 Å². The van der Waals surface area contributed by atoms with Crippen molar-refractivity contribution in [1.29, 1.82) is 0 Å². The lowest BCUT2D eigenvalue weighted by Gasteiger charge is -2.22. The van der Waals surface area contributed by atoms with E-state index < -0.39 is 29.3 Å². The second kappa shape index (κ2) is 10.2. The van der Waals surface area contributed by atoms with Crippen LogP contribution in [0.4, 0.5) is 17.6 Å². The molecule has 0 bridgehead atoms. The van der Waals surface area contributed by atoms with Crippen molar-refractivity contribution in [2.75, 3.05) is 14.2 Å². The quantitative estimate of drug-likeness (QED) is 0.416. The van der Waals surface area contributed by atoms with Crippen LogP contribution < -0.4 is 0 Å². The fourth-order valence-corrected chi connectivity index (χ4v) is 3.01. The number of amides is 1. The molecule has 2 aromatic carbocycles. The highest BCUT2D eigenvalue weighted by Crippen LogP contribution is 2.35. The lowest BCUT2D eigenvalue weighted by atomic mass is 10.1. The Morgan fingerprint density at radius 1 is 0.897 bits per heavy atom. The average molecular weight is 545 g/mol. The maximum absolute atomic E-state index is 13.7. The lowest BCUT2D eigenvalue weighted by molar-refractivity contribution is -0.196. The number of likely N-dealkylation sites (N-methyl/N-ethyl adjacent to an activating group) is 1. The summed E-state index contributed by atoms with van der Waals surface area (Å²) in [6.07, 6.45) is 0. The van der Waals surface area contributed by atoms with Crippen LogP contribution >= 0.6 is 31.9 Å². The third-order valence-corrected chi connectivity index (χ3v) is 4.90. The predicted octanol–water partition coefficient (Wildman–Crippen LogP) is 5.19. The summed E-state index contributed by atoms with van der Waals surface area (Å²) < 4.78 is 53.6. The summed E-state index contributed by atoms with van der Waals surface area (Å²) in [7, 11) is 2.28. The molecule has 0 aliphatic heterocycles. The minimum Gasteiger partial charge on any atom is -0.477 e. The molecule has 29 heavy (non-hydrogen) atoms. The van der Waals surface area contributed by atoms with E-state index in [4.69, 9.17) is 5.11 Å². The number of nitrogens with zero attached hydrogens (tertiary/aromatic N) is 1. The fraction of sp³-hybridized carbons (Fsp3) is 0.222. The van der Waals surface area contributed by atoms with Gasteiger partial charge in [0, 0.05) is 27.1 Å². The van der Waals surface area contributed by atoms with Gasteiger partial charge in [-0.1, -0.05) is 68.3 Å². The van der Waals surface area contributed by atoms with Crippen LogP contribution in [0.25, 0.3) is 0 Å². The Hall–Kier alpha value is -1.98. The first-order valence-corrected chi connectivity index (χ1v) is 9.27. The summed E-state index contributed by atoms with van der Waals surface area (Å²) in [6.45, 7) is 0. The van der Waals surface area contributed by atoms with E-state index >= 15 is 0 Å². The van der Waals surface area contributed by atoms with Gasteiger partial charge in [0.2, 0.25) is 0 Å². The van der Waals surface area contributed by atoms with Crippen LogP contribution in [-0.4, -0.2) is 36.2 Å². The normalized spacial score (nSPS) is 11.3. The summed E-state index contributed by atoms with van der Waals surface area (Å²) in [5.41, 5.74) is -0.925. The lowest BCUT2D eigenvalue weighted by Crippen LogP contribution is -2.39. The van der Waals surface area contributed by atoms with Gasteiger partial charge in [-0.25, -0.2) is 9.86 Å². The molecule has 2 aromatic rings. The van der Waals surface area contributed by atoms with E-state index in [1.54, 1.807) is 6.07 Å². The number of hydrogen-bond acceptors (Lipinski definition) is 3. The molecule has 0 unspecified atom stereocenters. The Morgan fingerprint density at radius 3 is 1.62 bits per heavy atom. The molecule has 1 N–H and O–H groups in total. The van der Waals surface area contributed by atoms with Crippen LogP contribution in [0.5, 0.6) is 0 Å². The molecule has 158 valence electrons. The molecule has 0 spiro atoms. The number of aliphatic carboxylic acids is 1. The minimum absolute atomic E-state index is 0.0856. The van der Waals surface area contributed by atoms with Gasteiger partial charge in [0.15, 0.2) is 0 Å². The zero-order chi connectivity index (χ0) is 22.4. The Kier molecular flexibility index (Phi) is 8.79. The maximum Gasteiger partial charge on any atom is 0.379 e. The summed E-state index contributed by atoms with van der Waals surface area (Å²) in [5, 5.41) is 8.75. The molecule has 0 aromatic heterocycles. The van der Waals surface area contributed by atoms with Crippen LogP contribution in [0.2, 0.25) is 0 Å². The third kappa shape index (κ3) is 6.00. The van der Waals surface area contributed by atoms with Crippen molar-refractivity contribution in [2.24, 2.45) is 0 Å². The smallest absolute Gasteiger partial charge is 0.379 e. The third-order valence-electron chi connectivity index (χ3n) is 3.52. The molecule has 0 atom stereocenters. The number of hydroxylamine groups is 2. The molecule has 0 saturated heterocycles. The van der Waals surface area contributed by atoms with Gasteiger partial charge in [0.1, 0.15) is 0 Å². The topological polar surface area (TPSA) is 66.8 Å². The Labute approximate surface area is 180 Å². The first-order valence-electron chi connectivity index (χ1n) is 7.68. The molecule has 1 amide bonds. The second-order valence-electron chi connectivity index (χ2n) is 5.40. The number of halogens is 6. The van der Waals surface area contributed by atoms with E-state index in [1.807, 2.05) is 0 Å². The first kappa shape index (κ1) is 25.1. The molecular weight excluding hydrogens is 530 g/mol. The molecule has 5 nitrogen and oxygen atoms in total. The highest BCUT2D eigenvalue weighted by molar-refractivity contribution is 9.10. The van der Waals surface area contributed by atoms with E-state index in [2.05, 4.69) is 36.7 Å². The predicted molar refractivity (Wildman–Crippen MR) is 103 cm³/mol. The van der Waals surface area contributed by atoms with Crippen molar-refractivity contribution in [2.45, 2.75) is 11.8 Å². The standard InChI is InChI=1S/C10H10BrF2NO2.C8H5BrF2O2/c1-14(16-2)9(15)10(12,13)7-5-3-4-6-8(7)11;9-6-4-2-1-3-5(6)8(10,11)7(12)13/h3-6H,1-2H3;1-4H,(H,12,13). The SMILES string of the molecule is CON(C)C(=O)C(F)(F)c1ccccc1Br.O=C(O)C(F)(F)c1ccccc1Br. The molecule has 0 heterocycles. The Balaban J connectivity index is 0.000000296. The van der Waals surface area contributed by atoms with Gasteiger partial charge in [-0.15, -0.1) is 0 Å². The molecule has 0 saturated carbocycles. The van der Waals surface area contributed by atoms with Gasteiger partial charge in [-0.2, -0.15) is 17.6 Å². The Bertz CT molecular complexity index is 880. The zero-order valence-corrected chi connectivity index (χ0v) is 18.2. The van der Waals surface area contributed by atoms with Gasteiger partial charge in [-0.3, -0.25) is 9.63 Å². The fourth-order valence-electron chi connectivity index (χ4n) is 1.94. The van der Waals surface area contributed by atoms with Crippen LogP contribution in [0.1, 0.15) is 11.1 Å². The summed E-state index contributed by atoms with van der Waals surface area (Å²) in [6, 6.07) is 11.0. The molecular formula is C18H15Br2F4NO4. The van der Waals surface area contributed by atoms with Crippen molar-refractivity contribution in [3.8, 4) is 0 Å². The summed E-state index contributed by atoms with van der Waals surface area (Å²) in [5.74, 6) is -11.0. The monoisotopic (exact) mass is 543 g/mol. The van der Waals surface area contributed by atoms with Gasteiger partial charge in [0.25, 0.3) is 0 Å². The van der Waals surface area contributed by atoms with Crippen LogP contribution in [0.3, 0.4) is 0 Å². The van der Waals surface area contributed by atoms with E-state index in [1.165, 1.54) is 36.4 Å². The Morgan fingerprint density at radius 2 is 1.28 bits per heavy atom. The molecule has 0 radical (unpaired) electrons. The van der Waals surface area contributed by atoms with Crippen molar-refractivity contribution in [1.82, 2.24) is 5.06 Å². The number of carboxylic acids is 1. The summed E-state index contributed by atoms with van der Waals surface area (Å²) in [4.78, 5) is 26.0. The van der Waals surface area contributed by atoms with E-state index in [9.17, 15) is 27.2 Å². The van der Waals surface area contributed by atoms with Gasteiger partial charge < -0.3 is 5.11 Å². The van der Waals surface area contributed by atoms with Crippen LogP contribution in [-0.2, 0) is 26.3 Å². The molecule has 0 fully saturated rings. The highest BCUT2D eigenvalue weighted by atomic mass is 79.9. The second-order valence-corrected chi connectivity index (χ2v) is 7.11. The maximum atomic E-state index is 13.7. The van der Waals surface area contributed by atoms with Crippen LogP contribution in [0, 0.1) is 0 Å². The van der Waals surface area contributed by atoms with Crippen molar-refractivity contribution in [3.05, 3.63) is 68.6 Å². The number of hydrogen-bond donors (Lipinski definition) is 1. The molecule has 2 rings (SSSR count). The highest BCUT2D eigenvalue weighted by Gasteiger charge is 2.45. The summed E-state index contributed by atoms with van der Waals surface area (Å²) >= 11 is 5.84. The van der Waals surface area contributed by atoms with Crippen LogP contribution in [0.15, 0.2) is 57.5 Å². The van der Waals surface area contributed by atoms with Gasteiger partial charge in [-0.05, 0) is 12.1 Å². The zero-order valence-electron chi connectivity index (χ0n) is 15.0. The molecule has 0 aliphatic carbocycles. The van der Waals surface area contributed by atoms with E-state index in [0.29, 0.717) is 5.06 Å². The largest absolute Gasteiger partial charge is 0.477 e. The average Bonchev–Trinajstić information content (AvgIpc) is 2.67. The van der Waals surface area contributed by atoms with E-state index in [0.717, 1.165) is 20.2 Å². The van der Waals surface area contributed by atoms with E-state index in [-0.39, 0.29) is 14.5 Å². The number of carbonyl (C=O) groups excluding carboxylic acids is 1. The number of benzene rings is 2. The number of rotatable bonds is 5. The van der Waals surface area contributed by atoms with Crippen molar-refractivity contribution < 1.29 is 37.1 Å². The van der Waals surface area contributed by atoms with Gasteiger partial charge >= 0.3 is 23.7 Å². The minimum atomic E-state index is -3.85. The first-order chi connectivity index (χ1) is 13.4. The number of carboxylic acid groups (broad SMARTS) is 1. The molecule has 11 heteroatoms. The van der Waals surface area contributed by atoms with Gasteiger partial charge in [0.05, 0.1) is 7.11 Å².